The van der Waals surface area contributed by atoms with Gasteiger partial charge in [-0.05, 0) is 25.1 Å². The lowest BCUT2D eigenvalue weighted by Crippen LogP contribution is -2.32. The van der Waals surface area contributed by atoms with Crippen molar-refractivity contribution in [2.45, 2.75) is 11.8 Å². The van der Waals surface area contributed by atoms with Crippen molar-refractivity contribution in [3.63, 3.8) is 0 Å². The average molecular weight is 392 g/mol. The molecule has 24 heavy (non-hydrogen) atoms. The Labute approximate surface area is 148 Å². The molecule has 1 amide bonds. The molecule has 0 aromatic heterocycles. The first-order chi connectivity index (χ1) is 11.3. The van der Waals surface area contributed by atoms with E-state index in [0.717, 1.165) is 11.8 Å². The van der Waals surface area contributed by atoms with Gasteiger partial charge in [0.2, 0.25) is 5.91 Å². The fourth-order valence-electron chi connectivity index (χ4n) is 1.74. The lowest BCUT2D eigenvalue weighted by atomic mass is 10.3. The van der Waals surface area contributed by atoms with Gasteiger partial charge in [0.1, 0.15) is 11.4 Å². The Morgan fingerprint density at radius 2 is 2.17 bits per heavy atom. The maximum atomic E-state index is 12.1. The molecule has 0 saturated heterocycles. The summed E-state index contributed by atoms with van der Waals surface area (Å²) in [4.78, 5) is 22.8. The summed E-state index contributed by atoms with van der Waals surface area (Å²) in [5, 5.41) is 5.54. The molecule has 11 heteroatoms. The van der Waals surface area contributed by atoms with Crippen molar-refractivity contribution in [2.24, 2.45) is 4.40 Å². The molecule has 8 nitrogen and oxygen atoms in total. The van der Waals surface area contributed by atoms with Crippen molar-refractivity contribution in [1.82, 2.24) is 5.32 Å². The van der Waals surface area contributed by atoms with Crippen LogP contribution in [0.5, 0.6) is 0 Å². The number of rotatable bonds is 5. The third-order valence-electron chi connectivity index (χ3n) is 2.74. The van der Waals surface area contributed by atoms with E-state index in [-0.39, 0.29) is 34.0 Å². The van der Waals surface area contributed by atoms with Crippen LogP contribution in [-0.2, 0) is 24.3 Å². The van der Waals surface area contributed by atoms with E-state index in [2.05, 4.69) is 19.8 Å². The van der Waals surface area contributed by atoms with E-state index in [4.69, 9.17) is 11.6 Å². The van der Waals surface area contributed by atoms with Crippen molar-refractivity contribution in [3.8, 4) is 0 Å². The van der Waals surface area contributed by atoms with E-state index in [1.54, 1.807) is 13.0 Å². The highest BCUT2D eigenvalue weighted by Crippen LogP contribution is 2.31. The maximum absolute atomic E-state index is 12.1. The lowest BCUT2D eigenvalue weighted by Gasteiger charge is -2.17. The van der Waals surface area contributed by atoms with Gasteiger partial charge in [-0.3, -0.25) is 9.59 Å². The molecule has 2 rings (SSSR count). The summed E-state index contributed by atoms with van der Waals surface area (Å²) in [5.41, 5.74) is 0.337. The lowest BCUT2D eigenvalue weighted by molar-refractivity contribution is -0.143. The minimum atomic E-state index is -3.88. The molecule has 0 spiro atoms. The number of ether oxygens (including phenoxy) is 1. The normalized spacial score (nSPS) is 14.8. The van der Waals surface area contributed by atoms with Crippen molar-refractivity contribution in [2.75, 3.05) is 24.2 Å². The number of benzene rings is 1. The molecule has 130 valence electrons. The van der Waals surface area contributed by atoms with Gasteiger partial charge in [-0.15, -0.1) is 4.40 Å². The van der Waals surface area contributed by atoms with Gasteiger partial charge in [0.15, 0.2) is 5.17 Å². The summed E-state index contributed by atoms with van der Waals surface area (Å²) in [5.74, 6) is -1.10. The second-order valence-corrected chi connectivity index (χ2v) is 7.48. The summed E-state index contributed by atoms with van der Waals surface area (Å²) < 4.78 is 32.5. The molecule has 0 bridgehead atoms. The topological polar surface area (TPSA) is 114 Å². The van der Waals surface area contributed by atoms with Crippen LogP contribution in [-0.4, -0.2) is 44.4 Å². The van der Waals surface area contributed by atoms with Crippen LogP contribution in [0.25, 0.3) is 0 Å². The quantitative estimate of drug-likeness (QED) is 0.725. The highest BCUT2D eigenvalue weighted by molar-refractivity contribution is 8.15. The fraction of sp³-hybridized carbons (Fsp3) is 0.308. The maximum Gasteiger partial charge on any atom is 0.325 e. The number of hydrogen-bond donors (Lipinski definition) is 2. The number of sulfonamides is 1. The highest BCUT2D eigenvalue weighted by atomic mass is 35.5. The number of nitrogens with zero attached hydrogens (tertiary/aromatic N) is 1. The van der Waals surface area contributed by atoms with Gasteiger partial charge in [0.25, 0.3) is 10.0 Å². The summed E-state index contributed by atoms with van der Waals surface area (Å²) >= 11 is 6.69. The highest BCUT2D eigenvalue weighted by Gasteiger charge is 2.25. The van der Waals surface area contributed by atoms with Crippen LogP contribution < -0.4 is 10.6 Å². The molecule has 0 radical (unpaired) electrons. The Bertz CT molecular complexity index is 795. The summed E-state index contributed by atoms with van der Waals surface area (Å²) in [6.45, 7) is 1.64. The number of esters is 1. The Hall–Kier alpha value is -1.78. The second kappa shape index (κ2) is 7.86. The largest absolute Gasteiger partial charge is 0.465 e. The molecule has 1 aromatic carbocycles. The van der Waals surface area contributed by atoms with Crippen LogP contribution in [0.15, 0.2) is 27.5 Å². The standard InChI is InChI=1S/C13H14ClN3O5S2/c1-2-22-12(19)6-15-11(18)7-23-13-16-9-4-3-8(14)5-10(9)24(20,21)17-13/h3-5H,2,6-7H2,1H3,(H,15,18)(H,16,17). The molecule has 0 fully saturated rings. The van der Waals surface area contributed by atoms with Gasteiger partial charge in [0.05, 0.1) is 18.0 Å². The third-order valence-corrected chi connectivity index (χ3v) is 5.28. The SMILES string of the molecule is CCOC(=O)CNC(=O)CSC1=NS(=O)(=O)c2cc(Cl)ccc2N1. The molecule has 1 heterocycles. The molecule has 1 aliphatic rings. The molecule has 0 unspecified atom stereocenters. The van der Waals surface area contributed by atoms with Crippen LogP contribution in [0.4, 0.5) is 5.69 Å². The third kappa shape index (κ3) is 4.86. The van der Waals surface area contributed by atoms with Crippen molar-refractivity contribution in [1.29, 1.82) is 0 Å². The predicted molar refractivity (Wildman–Crippen MR) is 91.8 cm³/mol. The number of hydrogen-bond acceptors (Lipinski definition) is 7. The summed E-state index contributed by atoms with van der Waals surface area (Å²) in [6.07, 6.45) is 0. The molecule has 0 atom stereocenters. The molecular weight excluding hydrogens is 378 g/mol. The van der Waals surface area contributed by atoms with Crippen LogP contribution in [0.3, 0.4) is 0 Å². The van der Waals surface area contributed by atoms with Crippen molar-refractivity contribution in [3.05, 3.63) is 23.2 Å². The molecule has 0 aliphatic carbocycles. The smallest absolute Gasteiger partial charge is 0.325 e. The second-order valence-electron chi connectivity index (χ2n) is 4.51. The molecular formula is C13H14ClN3O5S2. The first-order valence-electron chi connectivity index (χ1n) is 6.78. The summed E-state index contributed by atoms with van der Waals surface area (Å²) in [6, 6.07) is 4.37. The van der Waals surface area contributed by atoms with Crippen molar-refractivity contribution < 1.29 is 22.7 Å². The van der Waals surface area contributed by atoms with Crippen molar-refractivity contribution >= 4 is 56.1 Å². The Kier molecular flexibility index (Phi) is 6.08. The van der Waals surface area contributed by atoms with E-state index in [1.807, 2.05) is 0 Å². The Morgan fingerprint density at radius 1 is 1.42 bits per heavy atom. The summed E-state index contributed by atoms with van der Waals surface area (Å²) in [7, 11) is -3.88. The molecule has 2 N–H and O–H groups in total. The molecule has 1 aromatic rings. The zero-order valence-corrected chi connectivity index (χ0v) is 14.9. The predicted octanol–water partition coefficient (Wildman–Crippen LogP) is 1.22. The van der Waals surface area contributed by atoms with Gasteiger partial charge in [-0.2, -0.15) is 8.42 Å². The van der Waals surface area contributed by atoms with E-state index >= 15 is 0 Å². The average Bonchev–Trinajstić information content (AvgIpc) is 2.51. The number of amides is 1. The first kappa shape index (κ1) is 18.6. The van der Waals surface area contributed by atoms with Gasteiger partial charge in [-0.1, -0.05) is 23.4 Å². The van der Waals surface area contributed by atoms with Gasteiger partial charge in [-0.25, -0.2) is 0 Å². The van der Waals surface area contributed by atoms with Gasteiger partial charge >= 0.3 is 5.97 Å². The Balaban J connectivity index is 1.95. The zero-order valence-electron chi connectivity index (χ0n) is 12.5. The fourth-order valence-corrected chi connectivity index (χ4v) is 4.07. The number of halogens is 1. The van der Waals surface area contributed by atoms with Crippen LogP contribution in [0.2, 0.25) is 5.02 Å². The van der Waals surface area contributed by atoms with E-state index in [1.165, 1.54) is 12.1 Å². The Morgan fingerprint density at radius 3 is 2.88 bits per heavy atom. The van der Waals surface area contributed by atoms with E-state index < -0.39 is 21.9 Å². The number of thioether (sulfide) groups is 1. The molecule has 1 aliphatic heterocycles. The van der Waals surface area contributed by atoms with Crippen LogP contribution >= 0.6 is 23.4 Å². The van der Waals surface area contributed by atoms with Crippen LogP contribution in [0.1, 0.15) is 6.92 Å². The minimum Gasteiger partial charge on any atom is -0.465 e. The van der Waals surface area contributed by atoms with Gasteiger partial charge in [0, 0.05) is 5.02 Å². The number of nitrogens with one attached hydrogen (secondary N) is 2. The number of carbonyl (C=O) groups is 2. The van der Waals surface area contributed by atoms with E-state index in [0.29, 0.717) is 5.69 Å². The monoisotopic (exact) mass is 391 g/mol. The van der Waals surface area contributed by atoms with E-state index in [9.17, 15) is 18.0 Å². The molecule has 0 saturated carbocycles. The minimum absolute atomic E-state index is 0.0221. The number of fused-ring (bicyclic) bond motifs is 1. The number of anilines is 1. The number of carbonyl (C=O) groups excluding carboxylic acids is 2. The first-order valence-corrected chi connectivity index (χ1v) is 9.59. The zero-order chi connectivity index (χ0) is 17.7. The van der Waals surface area contributed by atoms with Gasteiger partial charge < -0.3 is 15.4 Å². The van der Waals surface area contributed by atoms with Crippen LogP contribution in [0, 0.1) is 0 Å². The number of amidine groups is 1.